The predicted octanol–water partition coefficient (Wildman–Crippen LogP) is 3.55. The molecular formula is C15H17NOS. The van der Waals surface area contributed by atoms with E-state index in [2.05, 4.69) is 11.9 Å². The number of nitrogens with zero attached hydrogens (tertiary/aromatic N) is 1. The minimum Gasteiger partial charge on any atom is -0.387 e. The Labute approximate surface area is 111 Å². The van der Waals surface area contributed by atoms with E-state index in [1.807, 2.05) is 42.1 Å². The Morgan fingerprint density at radius 3 is 3.00 bits per heavy atom. The van der Waals surface area contributed by atoms with Crippen LogP contribution in [0.25, 0.3) is 10.9 Å². The molecule has 2 atom stereocenters. The lowest BCUT2D eigenvalue weighted by Crippen LogP contribution is -2.26. The van der Waals surface area contributed by atoms with Gasteiger partial charge in [-0.1, -0.05) is 18.2 Å². The highest BCUT2D eigenvalue weighted by molar-refractivity contribution is 8.00. The molecule has 2 nitrogen and oxygen atoms in total. The Kier molecular flexibility index (Phi) is 3.04. The first-order chi connectivity index (χ1) is 8.71. The highest BCUT2D eigenvalue weighted by atomic mass is 32.2. The highest BCUT2D eigenvalue weighted by Gasteiger charge is 2.38. The lowest BCUT2D eigenvalue weighted by atomic mass is 9.91. The van der Waals surface area contributed by atoms with Crippen molar-refractivity contribution in [3.05, 3.63) is 42.1 Å². The van der Waals surface area contributed by atoms with Gasteiger partial charge in [-0.2, -0.15) is 11.8 Å². The molecule has 0 aliphatic carbocycles. The van der Waals surface area contributed by atoms with Crippen molar-refractivity contribution in [2.75, 3.05) is 5.75 Å². The molecular weight excluding hydrogens is 242 g/mol. The van der Waals surface area contributed by atoms with E-state index in [0.29, 0.717) is 0 Å². The van der Waals surface area contributed by atoms with Crippen molar-refractivity contribution in [1.29, 1.82) is 0 Å². The summed E-state index contributed by atoms with van der Waals surface area (Å²) in [6, 6.07) is 9.98. The van der Waals surface area contributed by atoms with Crippen LogP contribution in [0.4, 0.5) is 0 Å². The predicted molar refractivity (Wildman–Crippen MR) is 76.8 cm³/mol. The summed E-state index contributed by atoms with van der Waals surface area (Å²) in [6.45, 7) is 2.17. The van der Waals surface area contributed by atoms with Crippen molar-refractivity contribution in [2.24, 2.45) is 0 Å². The van der Waals surface area contributed by atoms with Crippen LogP contribution >= 0.6 is 11.8 Å². The van der Waals surface area contributed by atoms with Gasteiger partial charge in [0.2, 0.25) is 0 Å². The standard InChI is InChI=1S/C15H17NOS/c1-15(8-4-10-18-15)14(17)12-5-2-7-13-11(12)6-3-9-16-13/h2-3,5-7,9,14,17H,4,8,10H2,1H3. The van der Waals surface area contributed by atoms with Gasteiger partial charge >= 0.3 is 0 Å². The Morgan fingerprint density at radius 1 is 1.33 bits per heavy atom. The van der Waals surface area contributed by atoms with Gasteiger partial charge in [-0.15, -0.1) is 0 Å². The van der Waals surface area contributed by atoms with Gasteiger partial charge < -0.3 is 5.11 Å². The van der Waals surface area contributed by atoms with Crippen LogP contribution in [-0.2, 0) is 0 Å². The maximum absolute atomic E-state index is 10.7. The van der Waals surface area contributed by atoms with Gasteiger partial charge in [0.25, 0.3) is 0 Å². The fourth-order valence-electron chi connectivity index (χ4n) is 2.71. The summed E-state index contributed by atoms with van der Waals surface area (Å²) in [4.78, 5) is 4.36. The zero-order chi connectivity index (χ0) is 12.6. The summed E-state index contributed by atoms with van der Waals surface area (Å²) in [5.41, 5.74) is 1.97. The van der Waals surface area contributed by atoms with Crippen molar-refractivity contribution in [2.45, 2.75) is 30.6 Å². The van der Waals surface area contributed by atoms with E-state index in [4.69, 9.17) is 0 Å². The number of hydrogen-bond donors (Lipinski definition) is 1. The third kappa shape index (κ3) is 1.91. The first-order valence-corrected chi connectivity index (χ1v) is 7.35. The Balaban J connectivity index is 2.08. The molecule has 1 aromatic heterocycles. The van der Waals surface area contributed by atoms with Crippen molar-refractivity contribution >= 4 is 22.7 Å². The van der Waals surface area contributed by atoms with Crippen LogP contribution in [0.3, 0.4) is 0 Å². The monoisotopic (exact) mass is 259 g/mol. The number of aliphatic hydroxyl groups excluding tert-OH is 1. The number of rotatable bonds is 2. The fourth-order valence-corrected chi connectivity index (χ4v) is 4.04. The maximum atomic E-state index is 10.7. The number of hydrogen-bond acceptors (Lipinski definition) is 3. The average molecular weight is 259 g/mol. The highest BCUT2D eigenvalue weighted by Crippen LogP contribution is 2.47. The molecule has 1 aliphatic rings. The van der Waals surface area contributed by atoms with E-state index in [-0.39, 0.29) is 4.75 Å². The molecule has 3 heteroatoms. The molecule has 94 valence electrons. The third-order valence-corrected chi connectivity index (χ3v) is 5.38. The number of thioether (sulfide) groups is 1. The molecule has 1 N–H and O–H groups in total. The summed E-state index contributed by atoms with van der Waals surface area (Å²) in [5, 5.41) is 11.8. The molecule has 2 unspecified atom stereocenters. The third-order valence-electron chi connectivity index (χ3n) is 3.80. The molecule has 0 amide bonds. The molecule has 2 heterocycles. The van der Waals surface area contributed by atoms with Gasteiger partial charge in [-0.25, -0.2) is 0 Å². The van der Waals surface area contributed by atoms with Gasteiger partial charge in [-0.3, -0.25) is 4.98 Å². The van der Waals surface area contributed by atoms with Crippen LogP contribution in [0.15, 0.2) is 36.5 Å². The van der Waals surface area contributed by atoms with Crippen LogP contribution in [0.5, 0.6) is 0 Å². The van der Waals surface area contributed by atoms with E-state index < -0.39 is 6.10 Å². The van der Waals surface area contributed by atoms with E-state index >= 15 is 0 Å². The van der Waals surface area contributed by atoms with Gasteiger partial charge in [0.15, 0.2) is 0 Å². The van der Waals surface area contributed by atoms with Crippen molar-refractivity contribution in [1.82, 2.24) is 4.98 Å². The Bertz CT molecular complexity index is 558. The molecule has 0 radical (unpaired) electrons. The van der Waals surface area contributed by atoms with E-state index in [0.717, 1.165) is 28.6 Å². The van der Waals surface area contributed by atoms with Gasteiger partial charge in [0.1, 0.15) is 0 Å². The number of benzene rings is 1. The summed E-state index contributed by atoms with van der Waals surface area (Å²) in [5.74, 6) is 1.15. The SMILES string of the molecule is CC1(C(O)c2cccc3ncccc23)CCCS1. The van der Waals surface area contributed by atoms with Gasteiger partial charge in [0, 0.05) is 16.3 Å². The summed E-state index contributed by atoms with van der Waals surface area (Å²) in [6.07, 6.45) is 3.65. The van der Waals surface area contributed by atoms with Crippen molar-refractivity contribution < 1.29 is 5.11 Å². The fraction of sp³-hybridized carbons (Fsp3) is 0.400. The van der Waals surface area contributed by atoms with E-state index in [1.54, 1.807) is 6.20 Å². The van der Waals surface area contributed by atoms with E-state index in [1.165, 1.54) is 6.42 Å². The zero-order valence-corrected chi connectivity index (χ0v) is 11.3. The van der Waals surface area contributed by atoms with Crippen molar-refractivity contribution in [3.63, 3.8) is 0 Å². The molecule has 3 rings (SSSR count). The quantitative estimate of drug-likeness (QED) is 0.895. The Hall–Kier alpha value is -1.06. The summed E-state index contributed by atoms with van der Waals surface area (Å²) in [7, 11) is 0. The maximum Gasteiger partial charge on any atom is 0.0940 e. The molecule has 0 spiro atoms. The topological polar surface area (TPSA) is 33.1 Å². The van der Waals surface area contributed by atoms with Crippen molar-refractivity contribution in [3.8, 4) is 0 Å². The first kappa shape index (κ1) is 12.0. The Morgan fingerprint density at radius 2 is 2.22 bits per heavy atom. The smallest absolute Gasteiger partial charge is 0.0940 e. The first-order valence-electron chi connectivity index (χ1n) is 6.36. The molecule has 0 saturated carbocycles. The van der Waals surface area contributed by atoms with Crippen LogP contribution < -0.4 is 0 Å². The molecule has 18 heavy (non-hydrogen) atoms. The number of pyridine rings is 1. The molecule has 2 aromatic rings. The lowest BCUT2D eigenvalue weighted by Gasteiger charge is -2.30. The largest absolute Gasteiger partial charge is 0.387 e. The zero-order valence-electron chi connectivity index (χ0n) is 10.5. The molecule has 1 aliphatic heterocycles. The molecule has 0 bridgehead atoms. The second-order valence-electron chi connectivity index (χ2n) is 5.08. The minimum atomic E-state index is -0.419. The lowest BCUT2D eigenvalue weighted by molar-refractivity contribution is 0.136. The van der Waals surface area contributed by atoms with Gasteiger partial charge in [-0.05, 0) is 43.2 Å². The summed E-state index contributed by atoms with van der Waals surface area (Å²) >= 11 is 1.89. The molecule has 1 saturated heterocycles. The number of aliphatic hydroxyl groups is 1. The van der Waals surface area contributed by atoms with Crippen LogP contribution in [0, 0.1) is 0 Å². The number of fused-ring (bicyclic) bond motifs is 1. The normalized spacial score (nSPS) is 25.4. The van der Waals surface area contributed by atoms with Crippen LogP contribution in [-0.4, -0.2) is 20.6 Å². The number of aromatic nitrogens is 1. The van der Waals surface area contributed by atoms with Crippen LogP contribution in [0.1, 0.15) is 31.4 Å². The van der Waals surface area contributed by atoms with Crippen LogP contribution in [0.2, 0.25) is 0 Å². The second kappa shape index (κ2) is 4.56. The van der Waals surface area contributed by atoms with E-state index in [9.17, 15) is 5.11 Å². The summed E-state index contributed by atoms with van der Waals surface area (Å²) < 4.78 is -0.0515. The minimum absolute atomic E-state index is 0.0515. The average Bonchev–Trinajstić information content (AvgIpc) is 2.85. The van der Waals surface area contributed by atoms with Gasteiger partial charge in [0.05, 0.1) is 11.6 Å². The second-order valence-corrected chi connectivity index (χ2v) is 6.71. The molecule has 1 aromatic carbocycles. The molecule has 1 fully saturated rings.